The Morgan fingerprint density at radius 2 is 1.81 bits per heavy atom. The fourth-order valence-electron chi connectivity index (χ4n) is 2.73. The molecule has 2 rings (SSSR count). The molecule has 0 heterocycles. The van der Waals surface area contributed by atoms with Gasteiger partial charge in [-0.25, -0.2) is 9.59 Å². The van der Waals surface area contributed by atoms with E-state index in [0.717, 1.165) is 32.1 Å². The summed E-state index contributed by atoms with van der Waals surface area (Å²) in [5.41, 5.74) is -0.0593. The summed E-state index contributed by atoms with van der Waals surface area (Å²) in [7, 11) is 0. The zero-order chi connectivity index (χ0) is 15.3. The van der Waals surface area contributed by atoms with Gasteiger partial charge < -0.3 is 14.9 Å². The molecule has 0 saturated heterocycles. The maximum Gasteiger partial charge on any atom is 0.338 e. The Balaban J connectivity index is 2.01. The Labute approximate surface area is 123 Å². The van der Waals surface area contributed by atoms with Crippen molar-refractivity contribution < 1.29 is 24.5 Å². The number of hydrogen-bond acceptors (Lipinski definition) is 4. The number of aromatic carboxylic acids is 1. The third-order valence-corrected chi connectivity index (χ3v) is 4.10. The topological polar surface area (TPSA) is 83.8 Å². The predicted molar refractivity (Wildman–Crippen MR) is 76.3 cm³/mol. The highest BCUT2D eigenvalue weighted by atomic mass is 16.5. The van der Waals surface area contributed by atoms with Gasteiger partial charge in [-0.05, 0) is 31.0 Å². The minimum Gasteiger partial charge on any atom is -0.478 e. The van der Waals surface area contributed by atoms with Crippen molar-refractivity contribution in [1.82, 2.24) is 0 Å². The lowest BCUT2D eigenvalue weighted by molar-refractivity contribution is -0.00603. The fourth-order valence-corrected chi connectivity index (χ4v) is 2.73. The number of hydrogen-bond donors (Lipinski definition) is 2. The molecule has 0 unspecified atom stereocenters. The van der Waals surface area contributed by atoms with Crippen LogP contribution in [-0.2, 0) is 4.74 Å². The molecule has 1 aromatic carbocycles. The quantitative estimate of drug-likeness (QED) is 0.815. The van der Waals surface area contributed by atoms with Crippen molar-refractivity contribution in [3.05, 3.63) is 35.4 Å². The van der Waals surface area contributed by atoms with Crippen LogP contribution >= 0.6 is 0 Å². The van der Waals surface area contributed by atoms with Crippen molar-refractivity contribution in [2.45, 2.75) is 32.1 Å². The van der Waals surface area contributed by atoms with E-state index in [1.807, 2.05) is 0 Å². The number of carbonyl (C=O) groups excluding carboxylic acids is 1. The van der Waals surface area contributed by atoms with Gasteiger partial charge in [-0.3, -0.25) is 0 Å². The second kappa shape index (κ2) is 6.72. The van der Waals surface area contributed by atoms with E-state index in [2.05, 4.69) is 0 Å². The molecular weight excluding hydrogens is 272 g/mol. The lowest BCUT2D eigenvalue weighted by Crippen LogP contribution is -2.34. The van der Waals surface area contributed by atoms with Gasteiger partial charge in [0, 0.05) is 5.41 Å². The number of carboxylic acid groups (broad SMARTS) is 1. The van der Waals surface area contributed by atoms with Crippen molar-refractivity contribution in [3.8, 4) is 0 Å². The molecule has 1 aliphatic rings. The predicted octanol–water partition coefficient (Wildman–Crippen LogP) is 2.48. The molecule has 21 heavy (non-hydrogen) atoms. The molecule has 0 atom stereocenters. The molecule has 0 amide bonds. The van der Waals surface area contributed by atoms with Gasteiger partial charge in [0.1, 0.15) is 0 Å². The normalized spacial score (nSPS) is 17.2. The second-order valence-electron chi connectivity index (χ2n) is 5.68. The molecule has 1 saturated carbocycles. The lowest BCUT2D eigenvalue weighted by Gasteiger charge is -2.34. The van der Waals surface area contributed by atoms with Crippen LogP contribution in [0.5, 0.6) is 0 Å². The third kappa shape index (κ3) is 3.82. The number of ether oxygens (including phenoxy) is 1. The number of rotatable bonds is 5. The monoisotopic (exact) mass is 292 g/mol. The van der Waals surface area contributed by atoms with Crippen LogP contribution < -0.4 is 0 Å². The van der Waals surface area contributed by atoms with E-state index >= 15 is 0 Å². The number of esters is 1. The van der Waals surface area contributed by atoms with Crippen molar-refractivity contribution in [2.75, 3.05) is 13.2 Å². The van der Waals surface area contributed by atoms with Gasteiger partial charge in [0.15, 0.2) is 0 Å². The molecule has 0 radical (unpaired) electrons. The minimum absolute atomic E-state index is 0.00937. The van der Waals surface area contributed by atoms with E-state index < -0.39 is 11.9 Å². The van der Waals surface area contributed by atoms with E-state index in [9.17, 15) is 14.7 Å². The number of aliphatic hydroxyl groups excluding tert-OH is 1. The summed E-state index contributed by atoms with van der Waals surface area (Å²) in [6, 6.07) is 5.77. The summed E-state index contributed by atoms with van der Waals surface area (Å²) in [5.74, 6) is -1.62. The molecule has 114 valence electrons. The molecule has 0 bridgehead atoms. The number of aliphatic hydroxyl groups is 1. The molecule has 1 aromatic rings. The molecule has 5 nitrogen and oxygen atoms in total. The van der Waals surface area contributed by atoms with Gasteiger partial charge in [-0.2, -0.15) is 0 Å². The lowest BCUT2D eigenvalue weighted by atomic mass is 9.75. The molecule has 1 aliphatic carbocycles. The zero-order valence-electron chi connectivity index (χ0n) is 11.9. The number of carbonyl (C=O) groups is 2. The summed E-state index contributed by atoms with van der Waals surface area (Å²) in [6.45, 7) is 0.190. The molecule has 2 N–H and O–H groups in total. The maximum atomic E-state index is 12.0. The van der Waals surface area contributed by atoms with Crippen LogP contribution in [0.3, 0.4) is 0 Å². The molecule has 1 fully saturated rings. The number of benzene rings is 1. The van der Waals surface area contributed by atoms with E-state index in [1.165, 1.54) is 24.3 Å². The molecular formula is C16H20O5. The van der Waals surface area contributed by atoms with Crippen molar-refractivity contribution in [3.63, 3.8) is 0 Å². The largest absolute Gasteiger partial charge is 0.478 e. The average Bonchev–Trinajstić information content (AvgIpc) is 2.53. The smallest absolute Gasteiger partial charge is 0.338 e. The highest BCUT2D eigenvalue weighted by Gasteiger charge is 2.33. The fraction of sp³-hybridized carbons (Fsp3) is 0.500. The summed E-state index contributed by atoms with van der Waals surface area (Å²) < 4.78 is 5.30. The summed E-state index contributed by atoms with van der Waals surface area (Å²) in [5, 5.41) is 18.5. The Morgan fingerprint density at radius 1 is 1.14 bits per heavy atom. The Kier molecular flexibility index (Phi) is 4.96. The van der Waals surface area contributed by atoms with Crippen LogP contribution in [0.2, 0.25) is 0 Å². The van der Waals surface area contributed by atoms with Crippen LogP contribution in [0.25, 0.3) is 0 Å². The van der Waals surface area contributed by atoms with Crippen LogP contribution in [0.1, 0.15) is 52.8 Å². The Morgan fingerprint density at radius 3 is 2.43 bits per heavy atom. The summed E-state index contributed by atoms with van der Waals surface area (Å²) in [6.07, 6.45) is 4.92. The maximum absolute atomic E-state index is 12.0. The Hall–Kier alpha value is -1.88. The van der Waals surface area contributed by atoms with E-state index in [1.54, 1.807) is 0 Å². The molecule has 0 spiro atoms. The van der Waals surface area contributed by atoms with E-state index in [0.29, 0.717) is 0 Å². The summed E-state index contributed by atoms with van der Waals surface area (Å²) in [4.78, 5) is 22.9. The first kappa shape index (κ1) is 15.5. The van der Waals surface area contributed by atoms with Crippen LogP contribution in [0, 0.1) is 5.41 Å². The van der Waals surface area contributed by atoms with Crippen LogP contribution in [0.4, 0.5) is 0 Å². The van der Waals surface area contributed by atoms with Crippen molar-refractivity contribution in [2.24, 2.45) is 5.41 Å². The SMILES string of the molecule is O=C(O)c1cccc(C(=O)OCC2(CO)CCCCC2)c1. The zero-order valence-corrected chi connectivity index (χ0v) is 11.9. The standard InChI is InChI=1S/C16H20O5/c17-10-16(7-2-1-3-8-16)11-21-15(20)13-6-4-5-12(9-13)14(18)19/h4-6,9,17H,1-3,7-8,10-11H2,(H,18,19). The average molecular weight is 292 g/mol. The molecule has 0 aromatic heterocycles. The van der Waals surface area contributed by atoms with Crippen LogP contribution in [0.15, 0.2) is 24.3 Å². The highest BCUT2D eigenvalue weighted by Crippen LogP contribution is 2.36. The van der Waals surface area contributed by atoms with Crippen molar-refractivity contribution in [1.29, 1.82) is 0 Å². The number of carboxylic acids is 1. The van der Waals surface area contributed by atoms with Crippen molar-refractivity contribution >= 4 is 11.9 Å². The second-order valence-corrected chi connectivity index (χ2v) is 5.68. The third-order valence-electron chi connectivity index (χ3n) is 4.10. The first-order valence-corrected chi connectivity index (χ1v) is 7.18. The van der Waals surface area contributed by atoms with E-state index in [4.69, 9.17) is 9.84 Å². The Bertz CT molecular complexity index is 517. The molecule has 0 aliphatic heterocycles. The van der Waals surface area contributed by atoms with Gasteiger partial charge in [0.2, 0.25) is 0 Å². The van der Waals surface area contributed by atoms with Gasteiger partial charge in [0.05, 0.1) is 24.3 Å². The van der Waals surface area contributed by atoms with Gasteiger partial charge in [0.25, 0.3) is 0 Å². The van der Waals surface area contributed by atoms with Gasteiger partial charge >= 0.3 is 11.9 Å². The first-order valence-electron chi connectivity index (χ1n) is 7.18. The van der Waals surface area contributed by atoms with Crippen LogP contribution in [-0.4, -0.2) is 35.4 Å². The molecule has 5 heteroatoms. The first-order chi connectivity index (χ1) is 10.1. The van der Waals surface area contributed by atoms with E-state index in [-0.39, 0.29) is 29.8 Å². The minimum atomic E-state index is -1.08. The van der Waals surface area contributed by atoms with Gasteiger partial charge in [-0.15, -0.1) is 0 Å². The highest BCUT2D eigenvalue weighted by molar-refractivity contribution is 5.94. The van der Waals surface area contributed by atoms with Gasteiger partial charge in [-0.1, -0.05) is 25.3 Å². The summed E-state index contributed by atoms with van der Waals surface area (Å²) >= 11 is 0.